The van der Waals surface area contributed by atoms with Crippen LogP contribution in [0.4, 0.5) is 5.69 Å². The number of hydrogen-bond donors (Lipinski definition) is 1. The molecule has 140 valence electrons. The molecule has 1 amide bonds. The number of nitrogens with one attached hydrogen (secondary N) is 1. The summed E-state index contributed by atoms with van der Waals surface area (Å²) >= 11 is 0. The van der Waals surface area contributed by atoms with Crippen LogP contribution in [0.25, 0.3) is 0 Å². The first-order valence-electron chi connectivity index (χ1n) is 8.88. The lowest BCUT2D eigenvalue weighted by Crippen LogP contribution is -2.55. The second-order valence-corrected chi connectivity index (χ2v) is 6.24. The van der Waals surface area contributed by atoms with Gasteiger partial charge in [0.2, 0.25) is 5.91 Å². The lowest BCUT2D eigenvalue weighted by Gasteiger charge is -2.35. The number of aliphatic imine (C=N–C) groups is 1. The molecule has 9 nitrogen and oxygen atoms in total. The van der Waals surface area contributed by atoms with Gasteiger partial charge in [0, 0.05) is 51.8 Å². The van der Waals surface area contributed by atoms with Crippen LogP contribution >= 0.6 is 0 Å². The molecule has 26 heavy (non-hydrogen) atoms. The van der Waals surface area contributed by atoms with Crippen molar-refractivity contribution in [1.82, 2.24) is 29.5 Å². The lowest BCUT2D eigenvalue weighted by atomic mass is 10.3. The number of imidazole rings is 1. The van der Waals surface area contributed by atoms with Crippen LogP contribution in [0.15, 0.2) is 29.8 Å². The third-order valence-corrected chi connectivity index (χ3v) is 4.38. The second kappa shape index (κ2) is 8.03. The van der Waals surface area contributed by atoms with Gasteiger partial charge in [0.25, 0.3) is 0 Å². The Morgan fingerprint density at radius 1 is 1.38 bits per heavy atom. The van der Waals surface area contributed by atoms with Gasteiger partial charge in [-0.1, -0.05) is 0 Å². The van der Waals surface area contributed by atoms with Crippen molar-refractivity contribution in [2.24, 2.45) is 12.0 Å². The van der Waals surface area contributed by atoms with E-state index in [9.17, 15) is 4.79 Å². The summed E-state index contributed by atoms with van der Waals surface area (Å²) in [6, 6.07) is 0. The molecule has 1 aliphatic heterocycles. The highest BCUT2D eigenvalue weighted by Crippen LogP contribution is 2.16. The van der Waals surface area contributed by atoms with E-state index in [0.29, 0.717) is 19.6 Å². The molecule has 1 N–H and O–H groups in total. The molecule has 0 bridgehead atoms. The quantitative estimate of drug-likeness (QED) is 0.611. The van der Waals surface area contributed by atoms with Gasteiger partial charge in [-0.3, -0.25) is 14.5 Å². The number of aromatic nitrogens is 4. The summed E-state index contributed by atoms with van der Waals surface area (Å²) in [7, 11) is 1.85. The van der Waals surface area contributed by atoms with Crippen LogP contribution < -0.4 is 10.2 Å². The van der Waals surface area contributed by atoms with Gasteiger partial charge in [-0.2, -0.15) is 5.10 Å². The molecule has 1 saturated heterocycles. The average molecular weight is 358 g/mol. The molecule has 1 aliphatic rings. The first kappa shape index (κ1) is 18.0. The summed E-state index contributed by atoms with van der Waals surface area (Å²) in [5.74, 6) is 1.82. The van der Waals surface area contributed by atoms with Crippen molar-refractivity contribution in [3.05, 3.63) is 30.6 Å². The molecule has 0 spiro atoms. The maximum absolute atomic E-state index is 12.6. The third-order valence-electron chi connectivity index (χ3n) is 4.38. The fraction of sp³-hybridized carbons (Fsp3) is 0.529. The third kappa shape index (κ3) is 4.04. The highest BCUT2D eigenvalue weighted by molar-refractivity contribution is 5.98. The summed E-state index contributed by atoms with van der Waals surface area (Å²) in [6.45, 7) is 7.84. The van der Waals surface area contributed by atoms with Gasteiger partial charge in [0.1, 0.15) is 12.4 Å². The van der Waals surface area contributed by atoms with Crippen LogP contribution in [0, 0.1) is 6.92 Å². The molecule has 0 saturated carbocycles. The Kier molecular flexibility index (Phi) is 5.55. The smallest absolute Gasteiger partial charge is 0.246 e. The van der Waals surface area contributed by atoms with Crippen molar-refractivity contribution in [2.45, 2.75) is 20.4 Å². The number of nitrogens with zero attached hydrogens (tertiary/aromatic N) is 7. The van der Waals surface area contributed by atoms with Gasteiger partial charge in [0.05, 0.1) is 18.4 Å². The molecule has 3 rings (SSSR count). The number of amides is 1. The number of guanidine groups is 1. The molecule has 0 unspecified atom stereocenters. The normalized spacial score (nSPS) is 15.7. The Morgan fingerprint density at radius 3 is 2.85 bits per heavy atom. The molecule has 0 atom stereocenters. The lowest BCUT2D eigenvalue weighted by molar-refractivity contribution is -0.120. The number of anilines is 1. The number of hydrogen-bond acceptors (Lipinski definition) is 4. The first-order chi connectivity index (χ1) is 12.6. The van der Waals surface area contributed by atoms with Gasteiger partial charge < -0.3 is 19.7 Å². The molecule has 1 fully saturated rings. The topological polar surface area (TPSA) is 83.6 Å². The van der Waals surface area contributed by atoms with E-state index in [1.807, 2.05) is 38.2 Å². The molecule has 2 aromatic rings. The molecule has 0 aromatic carbocycles. The van der Waals surface area contributed by atoms with Crippen LogP contribution in [0.3, 0.4) is 0 Å². The molecule has 0 aliphatic carbocycles. The van der Waals surface area contributed by atoms with Crippen LogP contribution in [-0.4, -0.2) is 68.8 Å². The van der Waals surface area contributed by atoms with E-state index in [0.717, 1.165) is 37.1 Å². The second-order valence-electron chi connectivity index (χ2n) is 6.24. The zero-order chi connectivity index (χ0) is 18.5. The Morgan fingerprint density at radius 2 is 2.23 bits per heavy atom. The van der Waals surface area contributed by atoms with E-state index in [4.69, 9.17) is 0 Å². The molecule has 3 heterocycles. The number of piperazine rings is 1. The van der Waals surface area contributed by atoms with Crippen molar-refractivity contribution in [3.8, 4) is 0 Å². The monoisotopic (exact) mass is 358 g/mol. The Bertz CT molecular complexity index is 777. The van der Waals surface area contributed by atoms with Crippen molar-refractivity contribution in [1.29, 1.82) is 0 Å². The standard InChI is InChI=1S/C17H26N8O/c1-4-18-17(20-6-8-23-7-5-19-14(23)2)24-9-10-25(16(26)13-24)15-11-21-22(3)12-15/h5,7,11-12H,4,6,8-10,13H2,1-3H3,(H,18,20). The largest absolute Gasteiger partial charge is 0.357 e. The molecular weight excluding hydrogens is 332 g/mol. The van der Waals surface area contributed by atoms with Gasteiger partial charge in [-0.05, 0) is 13.8 Å². The van der Waals surface area contributed by atoms with Crippen molar-refractivity contribution >= 4 is 17.6 Å². The average Bonchev–Trinajstić information content (AvgIpc) is 3.22. The van der Waals surface area contributed by atoms with E-state index >= 15 is 0 Å². The van der Waals surface area contributed by atoms with Gasteiger partial charge in [-0.15, -0.1) is 0 Å². The van der Waals surface area contributed by atoms with Crippen molar-refractivity contribution in [2.75, 3.05) is 37.6 Å². The Balaban J connectivity index is 1.62. The van der Waals surface area contributed by atoms with Crippen LogP contribution in [0.5, 0.6) is 0 Å². The van der Waals surface area contributed by atoms with Crippen LogP contribution in [0.2, 0.25) is 0 Å². The molecule has 9 heteroatoms. The number of carbonyl (C=O) groups is 1. The van der Waals surface area contributed by atoms with E-state index in [1.165, 1.54) is 0 Å². The Labute approximate surface area is 153 Å². The van der Waals surface area contributed by atoms with Gasteiger partial charge >= 0.3 is 0 Å². The predicted octanol–water partition coefficient (Wildman–Crippen LogP) is 0.239. The van der Waals surface area contributed by atoms with Crippen molar-refractivity contribution < 1.29 is 4.79 Å². The highest BCUT2D eigenvalue weighted by Gasteiger charge is 2.27. The fourth-order valence-electron chi connectivity index (χ4n) is 3.00. The van der Waals surface area contributed by atoms with Gasteiger partial charge in [0.15, 0.2) is 5.96 Å². The van der Waals surface area contributed by atoms with Crippen LogP contribution in [-0.2, 0) is 18.4 Å². The minimum Gasteiger partial charge on any atom is -0.357 e. The SMILES string of the molecule is CCNC(=NCCn1ccnc1C)N1CCN(c2cnn(C)c2)C(=O)C1. The van der Waals surface area contributed by atoms with E-state index in [1.54, 1.807) is 22.0 Å². The van der Waals surface area contributed by atoms with E-state index in [2.05, 4.69) is 25.0 Å². The summed E-state index contributed by atoms with van der Waals surface area (Å²) < 4.78 is 3.77. The van der Waals surface area contributed by atoms with Crippen LogP contribution in [0.1, 0.15) is 12.7 Å². The molecule has 2 aromatic heterocycles. The minimum atomic E-state index is 0.0558. The number of aryl methyl sites for hydroxylation is 2. The van der Waals surface area contributed by atoms with E-state index in [-0.39, 0.29) is 5.91 Å². The maximum Gasteiger partial charge on any atom is 0.246 e. The first-order valence-corrected chi connectivity index (χ1v) is 8.88. The fourth-order valence-corrected chi connectivity index (χ4v) is 3.00. The molecular formula is C17H26N8O. The molecule has 0 radical (unpaired) electrons. The maximum atomic E-state index is 12.6. The predicted molar refractivity (Wildman–Crippen MR) is 100 cm³/mol. The number of rotatable bonds is 5. The minimum absolute atomic E-state index is 0.0558. The summed E-state index contributed by atoms with van der Waals surface area (Å²) in [6.07, 6.45) is 7.33. The van der Waals surface area contributed by atoms with Crippen molar-refractivity contribution in [3.63, 3.8) is 0 Å². The summed E-state index contributed by atoms with van der Waals surface area (Å²) in [5, 5.41) is 7.44. The van der Waals surface area contributed by atoms with Gasteiger partial charge in [-0.25, -0.2) is 4.98 Å². The summed E-state index contributed by atoms with van der Waals surface area (Å²) in [4.78, 5) is 25.3. The zero-order valence-corrected chi connectivity index (χ0v) is 15.6. The summed E-state index contributed by atoms with van der Waals surface area (Å²) in [5.41, 5.74) is 0.842. The Hall–Kier alpha value is -2.84. The zero-order valence-electron chi connectivity index (χ0n) is 15.6. The van der Waals surface area contributed by atoms with E-state index < -0.39 is 0 Å². The highest BCUT2D eigenvalue weighted by atomic mass is 16.2. The number of carbonyl (C=O) groups excluding carboxylic acids is 1.